The highest BCUT2D eigenvalue weighted by atomic mass is 16.6. The van der Waals surface area contributed by atoms with Gasteiger partial charge in [0.15, 0.2) is 0 Å². The number of carbonyl (C=O) groups is 3. The zero-order chi connectivity index (χ0) is 23.2. The van der Waals surface area contributed by atoms with Crippen molar-refractivity contribution in [3.63, 3.8) is 0 Å². The first kappa shape index (κ1) is 23.4. The van der Waals surface area contributed by atoms with Crippen LogP contribution >= 0.6 is 0 Å². The highest BCUT2D eigenvalue weighted by molar-refractivity contribution is 5.76. The molecule has 0 radical (unpaired) electrons. The van der Waals surface area contributed by atoms with E-state index >= 15 is 0 Å². The second-order valence-electron chi connectivity index (χ2n) is 10.2. The van der Waals surface area contributed by atoms with Crippen LogP contribution in [0.15, 0.2) is 0 Å². The van der Waals surface area contributed by atoms with Crippen molar-refractivity contribution in [2.24, 2.45) is 29.1 Å². The van der Waals surface area contributed by atoms with Gasteiger partial charge in [-0.25, -0.2) is 0 Å². The van der Waals surface area contributed by atoms with E-state index in [0.717, 1.165) is 26.2 Å². The molecule has 32 heavy (non-hydrogen) atoms. The molecule has 0 amide bonds. The number of ether oxygens (including phenoxy) is 3. The zero-order valence-electron chi connectivity index (χ0n) is 19.4. The van der Waals surface area contributed by atoms with Gasteiger partial charge in [0.1, 0.15) is 18.3 Å². The number of aliphatic hydroxyl groups is 1. The number of piperazine rings is 1. The Morgan fingerprint density at radius 1 is 1.19 bits per heavy atom. The molecule has 0 aromatic carbocycles. The molecular formula is C23H36N2O7. The third kappa shape index (κ3) is 4.03. The summed E-state index contributed by atoms with van der Waals surface area (Å²) in [6, 6.07) is 0. The van der Waals surface area contributed by atoms with Crippen molar-refractivity contribution in [1.29, 1.82) is 0 Å². The lowest BCUT2D eigenvalue weighted by Gasteiger charge is -2.43. The van der Waals surface area contributed by atoms with E-state index in [-0.39, 0.29) is 17.8 Å². The summed E-state index contributed by atoms with van der Waals surface area (Å²) in [5, 5.41) is 15.2. The maximum absolute atomic E-state index is 12.9. The number of fused-ring (bicyclic) bond motifs is 2. The van der Waals surface area contributed by atoms with Crippen molar-refractivity contribution < 1.29 is 33.7 Å². The Labute approximate surface area is 189 Å². The van der Waals surface area contributed by atoms with Gasteiger partial charge in [-0.2, -0.15) is 0 Å². The molecule has 2 N–H and O–H groups in total. The number of esters is 3. The zero-order valence-corrected chi connectivity index (χ0v) is 19.4. The highest BCUT2D eigenvalue weighted by Gasteiger charge is 2.67. The number of aliphatic hydroxyl groups excluding tert-OH is 1. The average Bonchev–Trinajstić information content (AvgIpc) is 3.12. The van der Waals surface area contributed by atoms with Gasteiger partial charge in [0.25, 0.3) is 0 Å². The van der Waals surface area contributed by atoms with Crippen LogP contribution in [-0.4, -0.2) is 85.1 Å². The van der Waals surface area contributed by atoms with Crippen LogP contribution in [0.1, 0.15) is 40.5 Å². The molecule has 2 saturated carbocycles. The molecular weight excluding hydrogens is 416 g/mol. The Bertz CT molecular complexity index is 755. The molecule has 2 heterocycles. The van der Waals surface area contributed by atoms with Crippen LogP contribution < -0.4 is 5.32 Å². The highest BCUT2D eigenvalue weighted by Crippen LogP contribution is 2.58. The molecule has 180 valence electrons. The fourth-order valence-electron chi connectivity index (χ4n) is 6.96. The van der Waals surface area contributed by atoms with Crippen molar-refractivity contribution in [3.05, 3.63) is 0 Å². The molecule has 9 nitrogen and oxygen atoms in total. The van der Waals surface area contributed by atoms with Crippen molar-refractivity contribution >= 4 is 17.9 Å². The molecule has 0 aromatic heterocycles. The molecule has 0 bridgehead atoms. The third-order valence-electron chi connectivity index (χ3n) is 8.23. The molecule has 2 aliphatic carbocycles. The minimum atomic E-state index is -0.938. The average molecular weight is 453 g/mol. The molecule has 4 fully saturated rings. The smallest absolute Gasteiger partial charge is 0.311 e. The Balaban J connectivity index is 1.68. The fourth-order valence-corrected chi connectivity index (χ4v) is 6.96. The molecule has 6 unspecified atom stereocenters. The molecule has 0 aromatic rings. The Morgan fingerprint density at radius 2 is 1.84 bits per heavy atom. The van der Waals surface area contributed by atoms with Gasteiger partial charge < -0.3 is 24.6 Å². The van der Waals surface area contributed by atoms with Gasteiger partial charge in [-0.05, 0) is 12.3 Å². The first-order chi connectivity index (χ1) is 15.1. The van der Waals surface area contributed by atoms with Crippen LogP contribution in [0.4, 0.5) is 0 Å². The first-order valence-corrected chi connectivity index (χ1v) is 11.8. The molecule has 2 aliphatic heterocycles. The Hall–Kier alpha value is -1.71. The SMILES string of the molecule is CC(=O)OC1C[C@H](OC(C)=O)[C@]2(C)C1C(C)CC1OC(=O)C(CN3CCNCC3)[C@H]1C2O. The minimum absolute atomic E-state index is 0.000273. The second-order valence-corrected chi connectivity index (χ2v) is 10.2. The van der Waals surface area contributed by atoms with Crippen LogP contribution in [0.5, 0.6) is 0 Å². The largest absolute Gasteiger partial charge is 0.462 e. The van der Waals surface area contributed by atoms with Gasteiger partial charge in [0.2, 0.25) is 0 Å². The van der Waals surface area contributed by atoms with E-state index in [2.05, 4.69) is 10.2 Å². The minimum Gasteiger partial charge on any atom is -0.462 e. The Morgan fingerprint density at radius 3 is 2.47 bits per heavy atom. The first-order valence-electron chi connectivity index (χ1n) is 11.8. The van der Waals surface area contributed by atoms with E-state index in [1.807, 2.05) is 13.8 Å². The van der Waals surface area contributed by atoms with E-state index in [1.165, 1.54) is 13.8 Å². The molecule has 4 rings (SSSR count). The summed E-state index contributed by atoms with van der Waals surface area (Å²) in [6.07, 6.45) is -1.49. The normalized spacial score (nSPS) is 44.2. The number of hydrogen-bond acceptors (Lipinski definition) is 9. The predicted molar refractivity (Wildman–Crippen MR) is 113 cm³/mol. The van der Waals surface area contributed by atoms with E-state index in [1.54, 1.807) is 0 Å². The number of carbonyl (C=O) groups excluding carboxylic acids is 3. The van der Waals surface area contributed by atoms with Gasteiger partial charge in [-0.15, -0.1) is 0 Å². The van der Waals surface area contributed by atoms with E-state index in [0.29, 0.717) is 19.4 Å². The molecule has 0 spiro atoms. The van der Waals surface area contributed by atoms with Gasteiger partial charge in [-0.3, -0.25) is 19.3 Å². The second kappa shape index (κ2) is 8.91. The lowest BCUT2D eigenvalue weighted by atomic mass is 9.66. The number of hydrogen-bond donors (Lipinski definition) is 2. The van der Waals surface area contributed by atoms with Crippen LogP contribution in [0.2, 0.25) is 0 Å². The van der Waals surface area contributed by atoms with Crippen molar-refractivity contribution in [2.75, 3.05) is 32.7 Å². The summed E-state index contributed by atoms with van der Waals surface area (Å²) in [7, 11) is 0. The number of rotatable bonds is 4. The fraction of sp³-hybridized carbons (Fsp3) is 0.870. The maximum Gasteiger partial charge on any atom is 0.311 e. The van der Waals surface area contributed by atoms with Crippen LogP contribution in [0.3, 0.4) is 0 Å². The van der Waals surface area contributed by atoms with Crippen LogP contribution in [-0.2, 0) is 28.6 Å². The Kier molecular flexibility index (Phi) is 6.53. The predicted octanol–water partition coefficient (Wildman–Crippen LogP) is 0.340. The third-order valence-corrected chi connectivity index (χ3v) is 8.23. The summed E-state index contributed by atoms with van der Waals surface area (Å²) in [5.41, 5.74) is -0.861. The lowest BCUT2D eigenvalue weighted by Crippen LogP contribution is -2.53. The summed E-state index contributed by atoms with van der Waals surface area (Å²) in [6.45, 7) is 10.7. The summed E-state index contributed by atoms with van der Waals surface area (Å²) < 4.78 is 17.2. The lowest BCUT2D eigenvalue weighted by molar-refractivity contribution is -0.165. The molecule has 9 atom stereocenters. The van der Waals surface area contributed by atoms with Crippen molar-refractivity contribution in [3.8, 4) is 0 Å². The quantitative estimate of drug-likeness (QED) is 0.460. The van der Waals surface area contributed by atoms with Crippen molar-refractivity contribution in [2.45, 2.75) is 65.0 Å². The standard InChI is InChI=1S/C23H36N2O7/c1-12-9-16-19(15(22(29)32-16)11-25-7-5-24-6-8-25)21(28)23(4)18(31-14(3)27)10-17(20(12)23)30-13(2)26/h12,15-21,24,28H,5-11H2,1-4H3/t12?,15?,16?,17?,18-,19+,20?,21?,23+/m0/s1. The van der Waals surface area contributed by atoms with Gasteiger partial charge >= 0.3 is 17.9 Å². The molecule has 4 aliphatic rings. The summed E-state index contributed by atoms with van der Waals surface area (Å²) >= 11 is 0. The van der Waals surface area contributed by atoms with Crippen molar-refractivity contribution in [1.82, 2.24) is 10.2 Å². The van der Waals surface area contributed by atoms with E-state index in [9.17, 15) is 19.5 Å². The monoisotopic (exact) mass is 452 g/mol. The van der Waals surface area contributed by atoms with Gasteiger partial charge in [0, 0.05) is 70.2 Å². The topological polar surface area (TPSA) is 114 Å². The summed E-state index contributed by atoms with van der Waals surface area (Å²) in [4.78, 5) is 38.9. The van der Waals surface area contributed by atoms with Crippen LogP contribution in [0.25, 0.3) is 0 Å². The van der Waals surface area contributed by atoms with Gasteiger partial charge in [-0.1, -0.05) is 13.8 Å². The summed E-state index contributed by atoms with van der Waals surface area (Å²) in [5.74, 6) is -2.14. The van der Waals surface area contributed by atoms with Crippen LogP contribution in [0, 0.1) is 29.1 Å². The maximum atomic E-state index is 12.9. The number of nitrogens with zero attached hydrogens (tertiary/aromatic N) is 1. The number of nitrogens with one attached hydrogen (secondary N) is 1. The molecule has 2 saturated heterocycles. The van der Waals surface area contributed by atoms with Gasteiger partial charge in [0.05, 0.1) is 12.0 Å². The molecule has 9 heteroatoms. The van der Waals surface area contributed by atoms with E-state index in [4.69, 9.17) is 14.2 Å². The van der Waals surface area contributed by atoms with E-state index < -0.39 is 53.6 Å².